The van der Waals surface area contributed by atoms with E-state index in [1.54, 1.807) is 6.92 Å². The summed E-state index contributed by atoms with van der Waals surface area (Å²) in [6.07, 6.45) is 0. The van der Waals surface area contributed by atoms with Crippen LogP contribution in [-0.2, 0) is 16.6 Å². The third kappa shape index (κ3) is 2.57. The van der Waals surface area contributed by atoms with Gasteiger partial charge in [0.25, 0.3) is 0 Å². The summed E-state index contributed by atoms with van der Waals surface area (Å²) in [4.78, 5) is 0. The molecule has 5 heteroatoms. The summed E-state index contributed by atoms with van der Waals surface area (Å²) in [5.41, 5.74) is 0.210. The van der Waals surface area contributed by atoms with E-state index in [-0.39, 0.29) is 11.3 Å². The molecule has 1 aromatic rings. The van der Waals surface area contributed by atoms with Gasteiger partial charge in [0.15, 0.2) is 17.5 Å². The Morgan fingerprint density at radius 2 is 1.71 bits per heavy atom. The standard InChI is InChI=1S/C9H9F3OS/c1-2-14(13)5-6-3-7(10)9(12)8(11)4-6/h3-4H,2,5H2,1H3. The average molecular weight is 222 g/mol. The molecule has 0 bridgehead atoms. The molecule has 1 nitrogen and oxygen atoms in total. The van der Waals surface area contributed by atoms with Crippen LogP contribution in [0.2, 0.25) is 0 Å². The summed E-state index contributed by atoms with van der Waals surface area (Å²) in [6.45, 7) is 1.70. The lowest BCUT2D eigenvalue weighted by Gasteiger charge is -2.01. The first-order valence-corrected chi connectivity index (χ1v) is 5.51. The summed E-state index contributed by atoms with van der Waals surface area (Å²) in [6, 6.07) is 1.73. The van der Waals surface area contributed by atoms with Gasteiger partial charge < -0.3 is 0 Å². The van der Waals surface area contributed by atoms with Crippen LogP contribution >= 0.6 is 0 Å². The van der Waals surface area contributed by atoms with Crippen molar-refractivity contribution in [1.29, 1.82) is 0 Å². The van der Waals surface area contributed by atoms with E-state index in [9.17, 15) is 17.4 Å². The lowest BCUT2D eigenvalue weighted by Crippen LogP contribution is -2.00. The SMILES string of the molecule is CCS(=O)Cc1cc(F)c(F)c(F)c1. The van der Waals surface area contributed by atoms with Gasteiger partial charge in [-0.2, -0.15) is 0 Å². The maximum absolute atomic E-state index is 12.7. The van der Waals surface area contributed by atoms with Gasteiger partial charge in [0.05, 0.1) is 0 Å². The largest absolute Gasteiger partial charge is 0.259 e. The van der Waals surface area contributed by atoms with Crippen LogP contribution in [0.3, 0.4) is 0 Å². The quantitative estimate of drug-likeness (QED) is 0.717. The first-order chi connectivity index (χ1) is 6.54. The van der Waals surface area contributed by atoms with E-state index >= 15 is 0 Å². The van der Waals surface area contributed by atoms with Gasteiger partial charge in [0.1, 0.15) is 0 Å². The Bertz CT molecular complexity index is 342. The van der Waals surface area contributed by atoms with Crippen LogP contribution in [0, 0.1) is 17.5 Å². The van der Waals surface area contributed by atoms with E-state index in [2.05, 4.69) is 0 Å². The number of halogens is 3. The third-order valence-electron chi connectivity index (χ3n) is 1.69. The molecule has 78 valence electrons. The number of hydrogen-bond acceptors (Lipinski definition) is 1. The van der Waals surface area contributed by atoms with Crippen molar-refractivity contribution in [2.24, 2.45) is 0 Å². The van der Waals surface area contributed by atoms with E-state index in [0.29, 0.717) is 5.75 Å². The highest BCUT2D eigenvalue weighted by molar-refractivity contribution is 7.84. The van der Waals surface area contributed by atoms with Gasteiger partial charge in [-0.25, -0.2) is 13.2 Å². The zero-order chi connectivity index (χ0) is 10.7. The summed E-state index contributed by atoms with van der Waals surface area (Å²) >= 11 is 0. The first-order valence-electron chi connectivity index (χ1n) is 4.03. The molecule has 1 aromatic carbocycles. The monoisotopic (exact) mass is 222 g/mol. The van der Waals surface area contributed by atoms with Crippen molar-refractivity contribution in [2.45, 2.75) is 12.7 Å². The molecule has 0 amide bonds. The summed E-state index contributed by atoms with van der Waals surface area (Å²) in [7, 11) is -1.16. The molecule has 0 saturated carbocycles. The second kappa shape index (κ2) is 4.59. The Kier molecular flexibility index (Phi) is 3.69. The van der Waals surface area contributed by atoms with Crippen molar-refractivity contribution in [3.8, 4) is 0 Å². The smallest absolute Gasteiger partial charge is 0.194 e. The minimum atomic E-state index is -1.49. The Hall–Kier alpha value is -0.840. The molecule has 0 radical (unpaired) electrons. The van der Waals surface area contributed by atoms with Gasteiger partial charge >= 0.3 is 0 Å². The Labute approximate surface area is 82.4 Å². The topological polar surface area (TPSA) is 17.1 Å². The number of benzene rings is 1. The number of rotatable bonds is 3. The fraction of sp³-hybridized carbons (Fsp3) is 0.333. The highest BCUT2D eigenvalue weighted by Crippen LogP contribution is 2.14. The Morgan fingerprint density at radius 1 is 1.21 bits per heavy atom. The molecule has 0 spiro atoms. The van der Waals surface area contributed by atoms with Gasteiger partial charge in [0.2, 0.25) is 0 Å². The van der Waals surface area contributed by atoms with E-state index < -0.39 is 28.3 Å². The molecule has 1 rings (SSSR count). The summed E-state index contributed by atoms with van der Waals surface area (Å²) in [5, 5.41) is 0. The third-order valence-corrected chi connectivity index (χ3v) is 2.99. The van der Waals surface area contributed by atoms with Crippen LogP contribution in [0.15, 0.2) is 12.1 Å². The Morgan fingerprint density at radius 3 is 2.14 bits per heavy atom. The van der Waals surface area contributed by atoms with Crippen molar-refractivity contribution >= 4 is 10.8 Å². The molecule has 14 heavy (non-hydrogen) atoms. The van der Waals surface area contributed by atoms with Gasteiger partial charge in [-0.15, -0.1) is 0 Å². The van der Waals surface area contributed by atoms with Crippen LogP contribution in [0.5, 0.6) is 0 Å². The van der Waals surface area contributed by atoms with Crippen molar-refractivity contribution in [2.75, 3.05) is 5.75 Å². The van der Waals surface area contributed by atoms with Crippen LogP contribution < -0.4 is 0 Å². The maximum Gasteiger partial charge on any atom is 0.194 e. The summed E-state index contributed by atoms with van der Waals surface area (Å²) in [5.74, 6) is -3.53. The Balaban J connectivity index is 2.95. The van der Waals surface area contributed by atoms with E-state index in [1.165, 1.54) is 0 Å². The minimum Gasteiger partial charge on any atom is -0.259 e. The lowest BCUT2D eigenvalue weighted by atomic mass is 10.2. The van der Waals surface area contributed by atoms with E-state index in [4.69, 9.17) is 0 Å². The zero-order valence-corrected chi connectivity index (χ0v) is 8.34. The average Bonchev–Trinajstić information content (AvgIpc) is 2.14. The molecule has 0 fully saturated rings. The molecule has 0 N–H and O–H groups in total. The van der Waals surface area contributed by atoms with Crippen LogP contribution in [0.25, 0.3) is 0 Å². The fourth-order valence-electron chi connectivity index (χ4n) is 0.979. The fourth-order valence-corrected chi connectivity index (χ4v) is 1.72. The van der Waals surface area contributed by atoms with Crippen molar-refractivity contribution < 1.29 is 17.4 Å². The zero-order valence-electron chi connectivity index (χ0n) is 7.52. The molecule has 0 saturated heterocycles. The molecule has 0 aliphatic heterocycles. The van der Waals surface area contributed by atoms with Crippen molar-refractivity contribution in [1.82, 2.24) is 0 Å². The molecule has 0 aliphatic rings. The lowest BCUT2D eigenvalue weighted by molar-refractivity contribution is 0.446. The van der Waals surface area contributed by atoms with Crippen LogP contribution in [-0.4, -0.2) is 9.96 Å². The highest BCUT2D eigenvalue weighted by atomic mass is 32.2. The molecule has 0 aromatic heterocycles. The summed E-state index contributed by atoms with van der Waals surface area (Å²) < 4.78 is 48.9. The molecule has 0 aliphatic carbocycles. The predicted molar refractivity (Wildman–Crippen MR) is 48.7 cm³/mol. The normalized spacial score (nSPS) is 12.9. The van der Waals surface area contributed by atoms with Crippen LogP contribution in [0.4, 0.5) is 13.2 Å². The van der Waals surface area contributed by atoms with Crippen molar-refractivity contribution in [3.05, 3.63) is 35.1 Å². The maximum atomic E-state index is 12.7. The first kappa shape index (κ1) is 11.2. The number of hydrogen-bond donors (Lipinski definition) is 0. The van der Waals surface area contributed by atoms with Gasteiger partial charge in [-0.05, 0) is 17.7 Å². The molecular weight excluding hydrogens is 213 g/mol. The van der Waals surface area contributed by atoms with Gasteiger partial charge in [0, 0.05) is 22.3 Å². The molecule has 1 atom stereocenters. The van der Waals surface area contributed by atoms with Gasteiger partial charge in [-0.1, -0.05) is 6.92 Å². The second-order valence-electron chi connectivity index (χ2n) is 2.75. The predicted octanol–water partition coefficient (Wildman–Crippen LogP) is 2.37. The molecule has 1 unspecified atom stereocenters. The molecule has 0 heterocycles. The minimum absolute atomic E-state index is 0.0462. The van der Waals surface area contributed by atoms with E-state index in [0.717, 1.165) is 12.1 Å². The van der Waals surface area contributed by atoms with Gasteiger partial charge in [-0.3, -0.25) is 4.21 Å². The highest BCUT2D eigenvalue weighted by Gasteiger charge is 2.11. The van der Waals surface area contributed by atoms with E-state index in [1.807, 2.05) is 0 Å². The van der Waals surface area contributed by atoms with Crippen molar-refractivity contribution in [3.63, 3.8) is 0 Å². The second-order valence-corrected chi connectivity index (χ2v) is 4.49. The molecular formula is C9H9F3OS. The van der Waals surface area contributed by atoms with Crippen LogP contribution in [0.1, 0.15) is 12.5 Å².